The zero-order valence-electron chi connectivity index (χ0n) is 12.0. The number of rotatable bonds is 5. The first-order valence-corrected chi connectivity index (χ1v) is 7.10. The van der Waals surface area contributed by atoms with Gasteiger partial charge in [-0.1, -0.05) is 42.5 Å². The zero-order valence-corrected chi connectivity index (χ0v) is 12.0. The molecular formula is C18H18O3. The molecule has 0 radical (unpaired) electrons. The molecule has 1 aliphatic rings. The highest BCUT2D eigenvalue weighted by Gasteiger charge is 2.52. The van der Waals surface area contributed by atoms with E-state index in [-0.39, 0.29) is 5.97 Å². The summed E-state index contributed by atoms with van der Waals surface area (Å²) in [5.41, 5.74) is 1.66. The van der Waals surface area contributed by atoms with E-state index in [0.717, 1.165) is 29.7 Å². The molecule has 0 atom stereocenters. The lowest BCUT2D eigenvalue weighted by Crippen LogP contribution is -2.21. The van der Waals surface area contributed by atoms with Gasteiger partial charge in [0.1, 0.15) is 12.4 Å². The molecule has 1 saturated carbocycles. The second kappa shape index (κ2) is 5.60. The van der Waals surface area contributed by atoms with Crippen molar-refractivity contribution in [3.8, 4) is 5.75 Å². The van der Waals surface area contributed by atoms with E-state index >= 15 is 0 Å². The van der Waals surface area contributed by atoms with Gasteiger partial charge in [-0.25, -0.2) is 0 Å². The minimum atomic E-state index is -0.444. The number of benzene rings is 2. The largest absolute Gasteiger partial charge is 0.489 e. The lowest BCUT2D eigenvalue weighted by molar-refractivity contribution is -0.143. The monoisotopic (exact) mass is 282 g/mol. The Morgan fingerprint density at radius 1 is 1.10 bits per heavy atom. The molecule has 1 aliphatic carbocycles. The molecule has 3 rings (SSSR count). The van der Waals surface area contributed by atoms with Crippen LogP contribution in [0, 0.1) is 0 Å². The molecule has 0 amide bonds. The molecule has 0 spiro atoms. The van der Waals surface area contributed by atoms with Crippen LogP contribution in [-0.4, -0.2) is 13.1 Å². The first-order chi connectivity index (χ1) is 10.2. The van der Waals surface area contributed by atoms with Crippen LogP contribution in [0.15, 0.2) is 54.6 Å². The second-order valence-electron chi connectivity index (χ2n) is 5.38. The molecule has 0 saturated heterocycles. The van der Waals surface area contributed by atoms with Gasteiger partial charge in [-0.2, -0.15) is 0 Å². The van der Waals surface area contributed by atoms with Crippen molar-refractivity contribution in [3.63, 3.8) is 0 Å². The van der Waals surface area contributed by atoms with Gasteiger partial charge in [0.2, 0.25) is 0 Å². The molecule has 0 heterocycles. The fourth-order valence-corrected chi connectivity index (χ4v) is 2.56. The number of hydrogen-bond donors (Lipinski definition) is 0. The predicted molar refractivity (Wildman–Crippen MR) is 80.1 cm³/mol. The van der Waals surface area contributed by atoms with Crippen molar-refractivity contribution in [2.24, 2.45) is 0 Å². The van der Waals surface area contributed by atoms with Crippen LogP contribution in [0.1, 0.15) is 24.0 Å². The summed E-state index contributed by atoms with van der Waals surface area (Å²) in [6.45, 7) is 0.523. The first-order valence-electron chi connectivity index (χ1n) is 7.10. The van der Waals surface area contributed by atoms with Gasteiger partial charge >= 0.3 is 5.97 Å². The van der Waals surface area contributed by atoms with Crippen molar-refractivity contribution in [1.29, 1.82) is 0 Å². The normalized spacial score (nSPS) is 15.3. The van der Waals surface area contributed by atoms with Crippen molar-refractivity contribution in [2.75, 3.05) is 7.11 Å². The van der Waals surface area contributed by atoms with Crippen molar-refractivity contribution >= 4 is 5.97 Å². The lowest BCUT2D eigenvalue weighted by atomic mass is 9.96. The topological polar surface area (TPSA) is 35.5 Å². The first kappa shape index (κ1) is 13.7. The van der Waals surface area contributed by atoms with E-state index in [1.165, 1.54) is 7.11 Å². The highest BCUT2D eigenvalue weighted by Crippen LogP contribution is 2.49. The van der Waals surface area contributed by atoms with Crippen LogP contribution in [0.3, 0.4) is 0 Å². The van der Waals surface area contributed by atoms with Gasteiger partial charge in [-0.15, -0.1) is 0 Å². The summed E-state index contributed by atoms with van der Waals surface area (Å²) >= 11 is 0. The summed E-state index contributed by atoms with van der Waals surface area (Å²) in [6.07, 6.45) is 1.70. The molecule has 0 bridgehead atoms. The molecule has 3 heteroatoms. The summed E-state index contributed by atoms with van der Waals surface area (Å²) in [5.74, 6) is 0.634. The van der Waals surface area contributed by atoms with Crippen LogP contribution in [-0.2, 0) is 21.6 Å². The number of carbonyl (C=O) groups is 1. The van der Waals surface area contributed by atoms with Gasteiger partial charge in [0.15, 0.2) is 0 Å². The van der Waals surface area contributed by atoms with E-state index in [1.807, 2.05) is 54.6 Å². The molecule has 0 N–H and O–H groups in total. The van der Waals surface area contributed by atoms with Crippen LogP contribution in [0.2, 0.25) is 0 Å². The maximum Gasteiger partial charge on any atom is 0.316 e. The van der Waals surface area contributed by atoms with Crippen molar-refractivity contribution < 1.29 is 14.3 Å². The van der Waals surface area contributed by atoms with Crippen molar-refractivity contribution in [2.45, 2.75) is 24.9 Å². The van der Waals surface area contributed by atoms with E-state index in [2.05, 4.69) is 0 Å². The van der Waals surface area contributed by atoms with Crippen molar-refractivity contribution in [3.05, 3.63) is 65.7 Å². The quantitative estimate of drug-likeness (QED) is 0.788. The van der Waals surface area contributed by atoms with Crippen LogP contribution < -0.4 is 4.74 Å². The summed E-state index contributed by atoms with van der Waals surface area (Å²) in [5, 5.41) is 0. The van der Waals surface area contributed by atoms with E-state index in [4.69, 9.17) is 9.47 Å². The minimum Gasteiger partial charge on any atom is -0.489 e. The summed E-state index contributed by atoms with van der Waals surface area (Å²) < 4.78 is 10.7. The van der Waals surface area contributed by atoms with Crippen molar-refractivity contribution in [1.82, 2.24) is 0 Å². The van der Waals surface area contributed by atoms with E-state index in [1.54, 1.807) is 0 Å². The molecular weight excluding hydrogens is 264 g/mol. The number of methoxy groups -OCH3 is 1. The Labute approximate surface area is 124 Å². The maximum absolute atomic E-state index is 11.9. The lowest BCUT2D eigenvalue weighted by Gasteiger charge is -2.14. The Bertz CT molecular complexity index is 630. The molecule has 21 heavy (non-hydrogen) atoms. The van der Waals surface area contributed by atoms with Crippen LogP contribution in [0.5, 0.6) is 5.75 Å². The molecule has 1 fully saturated rings. The van der Waals surface area contributed by atoms with Gasteiger partial charge in [-0.05, 0) is 36.1 Å². The summed E-state index contributed by atoms with van der Waals surface area (Å²) in [7, 11) is 1.44. The third-order valence-corrected chi connectivity index (χ3v) is 3.96. The highest BCUT2D eigenvalue weighted by molar-refractivity contribution is 5.86. The average Bonchev–Trinajstić information content (AvgIpc) is 3.35. The molecule has 3 nitrogen and oxygen atoms in total. The Morgan fingerprint density at radius 3 is 2.52 bits per heavy atom. The van der Waals surface area contributed by atoms with Gasteiger partial charge in [0.05, 0.1) is 12.5 Å². The Hall–Kier alpha value is -2.29. The zero-order chi connectivity index (χ0) is 14.7. The Kier molecular flexibility index (Phi) is 3.65. The third-order valence-electron chi connectivity index (χ3n) is 3.96. The SMILES string of the molecule is COC(=O)C1(c2cccc(OCc3ccccc3)c2)CC1. The number of hydrogen-bond acceptors (Lipinski definition) is 3. The van der Waals surface area contributed by atoms with E-state index in [0.29, 0.717) is 6.61 Å². The van der Waals surface area contributed by atoms with Crippen LogP contribution >= 0.6 is 0 Å². The number of carbonyl (C=O) groups excluding carboxylic acids is 1. The molecule has 2 aromatic carbocycles. The third kappa shape index (κ3) is 2.77. The van der Waals surface area contributed by atoms with E-state index in [9.17, 15) is 4.79 Å². The smallest absolute Gasteiger partial charge is 0.316 e. The second-order valence-corrected chi connectivity index (χ2v) is 5.38. The molecule has 0 unspecified atom stereocenters. The Morgan fingerprint density at radius 2 is 1.86 bits per heavy atom. The number of esters is 1. The van der Waals surface area contributed by atoms with Gasteiger partial charge in [0, 0.05) is 0 Å². The minimum absolute atomic E-state index is 0.150. The predicted octanol–water partition coefficient (Wildman–Crippen LogP) is 3.47. The molecule has 2 aromatic rings. The van der Waals surface area contributed by atoms with Crippen LogP contribution in [0.25, 0.3) is 0 Å². The summed E-state index contributed by atoms with van der Waals surface area (Å²) in [4.78, 5) is 11.9. The molecule has 108 valence electrons. The standard InChI is InChI=1S/C18H18O3/c1-20-17(19)18(10-11-18)15-8-5-9-16(12-15)21-13-14-6-3-2-4-7-14/h2-9,12H,10-11,13H2,1H3. The van der Waals surface area contributed by atoms with Gasteiger partial charge < -0.3 is 9.47 Å². The highest BCUT2D eigenvalue weighted by atomic mass is 16.5. The fraction of sp³-hybridized carbons (Fsp3) is 0.278. The van der Waals surface area contributed by atoms with Gasteiger partial charge in [0.25, 0.3) is 0 Å². The van der Waals surface area contributed by atoms with Crippen LogP contribution in [0.4, 0.5) is 0 Å². The maximum atomic E-state index is 11.9. The van der Waals surface area contributed by atoms with Gasteiger partial charge in [-0.3, -0.25) is 4.79 Å². The number of ether oxygens (including phenoxy) is 2. The van der Waals surface area contributed by atoms with E-state index < -0.39 is 5.41 Å². The molecule has 0 aromatic heterocycles. The molecule has 0 aliphatic heterocycles. The fourth-order valence-electron chi connectivity index (χ4n) is 2.56. The average molecular weight is 282 g/mol. The summed E-state index contributed by atoms with van der Waals surface area (Å²) in [6, 6.07) is 17.8. The Balaban J connectivity index is 1.74.